The highest BCUT2D eigenvalue weighted by Crippen LogP contribution is 2.11. The number of carboxylic acids is 1. The zero-order chi connectivity index (χ0) is 49.1. The van der Waals surface area contributed by atoms with E-state index in [4.69, 9.17) is 45.9 Å². The largest absolute Gasteiger partial charge is 0.480 e. The van der Waals surface area contributed by atoms with Crippen molar-refractivity contribution in [1.82, 2.24) is 31.9 Å². The van der Waals surface area contributed by atoms with Gasteiger partial charge in [0.2, 0.25) is 41.4 Å². The van der Waals surface area contributed by atoms with E-state index in [1.807, 2.05) is 0 Å². The molecule has 364 valence electrons. The molecular weight excluding hydrogens is 843 g/mol. The molecule has 0 aromatic heterocycles. The number of nitrogens with one attached hydrogen (secondary N) is 6. The molecule has 27 heteroatoms. The second-order valence-electron chi connectivity index (χ2n) is 15.8. The Morgan fingerprint density at radius 3 is 1.09 bits per heavy atom. The average molecular weight is 914 g/mol. The number of rotatable bonds is 32. The van der Waals surface area contributed by atoms with Gasteiger partial charge in [0.15, 0.2) is 17.9 Å². The Morgan fingerprint density at radius 1 is 0.469 bits per heavy atom. The highest BCUT2D eigenvalue weighted by atomic mass is 16.4. The van der Waals surface area contributed by atoms with Gasteiger partial charge in [-0.3, -0.25) is 48.5 Å². The van der Waals surface area contributed by atoms with E-state index in [0.29, 0.717) is 0 Å². The highest BCUT2D eigenvalue weighted by molar-refractivity contribution is 5.98. The molecule has 0 bridgehead atoms. The SMILES string of the molecule is CC(C)C[C@H](NC(=O)[C@H](CC(C)C)NC(=O)[C@H](CCCN=C(N)N)NC(=O)[C@H](CC(N)=O)NC(=O)[C@H](CCCN=C(N)N)NC(=O)[C@H](CCCN=C(N)N)NC(=O)[C@@H](N)CO)C(=O)O. The Labute approximate surface area is 371 Å². The normalized spacial score (nSPS) is 14.2. The van der Waals surface area contributed by atoms with Crippen LogP contribution in [0.5, 0.6) is 0 Å². The lowest BCUT2D eigenvalue weighted by Crippen LogP contribution is -2.60. The fraction of sp³-hybridized carbons (Fsp3) is 0.703. The lowest BCUT2D eigenvalue weighted by molar-refractivity contribution is -0.143. The van der Waals surface area contributed by atoms with E-state index in [-0.39, 0.29) is 101 Å². The number of aliphatic hydroxyl groups is 1. The predicted molar refractivity (Wildman–Crippen MR) is 237 cm³/mol. The van der Waals surface area contributed by atoms with E-state index in [1.165, 1.54) is 0 Å². The minimum absolute atomic E-state index is 0.00161. The maximum atomic E-state index is 13.9. The molecule has 0 unspecified atom stereocenters. The topological polar surface area (TPSA) is 494 Å². The predicted octanol–water partition coefficient (Wildman–Crippen LogP) is -6.57. The number of nitrogens with zero attached hydrogens (tertiary/aromatic N) is 3. The molecule has 7 amide bonds. The summed E-state index contributed by atoms with van der Waals surface area (Å²) >= 11 is 0. The third kappa shape index (κ3) is 25.4. The van der Waals surface area contributed by atoms with Crippen LogP contribution in [0.25, 0.3) is 0 Å². The summed E-state index contributed by atoms with van der Waals surface area (Å²) in [5, 5.41) is 33.9. The van der Waals surface area contributed by atoms with E-state index in [1.54, 1.807) is 27.7 Å². The molecule has 0 aliphatic rings. The molecular formula is C37H71N17O10. The summed E-state index contributed by atoms with van der Waals surface area (Å²) in [6, 6.07) is -9.87. The summed E-state index contributed by atoms with van der Waals surface area (Å²) < 4.78 is 0. The summed E-state index contributed by atoms with van der Waals surface area (Å²) in [4.78, 5) is 117. The van der Waals surface area contributed by atoms with Gasteiger partial charge in [0.1, 0.15) is 42.3 Å². The number of aliphatic carboxylic acids is 1. The van der Waals surface area contributed by atoms with Crippen LogP contribution >= 0.6 is 0 Å². The van der Waals surface area contributed by atoms with Crippen LogP contribution in [-0.4, -0.2) is 144 Å². The number of guanidine groups is 3. The lowest BCUT2D eigenvalue weighted by atomic mass is 10.00. The second-order valence-corrected chi connectivity index (χ2v) is 15.8. The first kappa shape index (κ1) is 57.5. The number of nitrogens with two attached hydrogens (primary N) is 8. The first-order chi connectivity index (χ1) is 29.9. The number of carbonyl (C=O) groups is 8. The van der Waals surface area contributed by atoms with Gasteiger partial charge in [-0.25, -0.2) is 4.79 Å². The Bertz CT molecular complexity index is 1650. The van der Waals surface area contributed by atoms with Crippen molar-refractivity contribution in [2.75, 3.05) is 26.2 Å². The Hall–Kier alpha value is -6.51. The molecule has 0 aromatic carbocycles. The van der Waals surface area contributed by atoms with Gasteiger partial charge in [0.05, 0.1) is 13.0 Å². The number of aliphatic hydroxyl groups excluding tert-OH is 1. The third-order valence-electron chi connectivity index (χ3n) is 8.97. The van der Waals surface area contributed by atoms with Crippen LogP contribution in [-0.2, 0) is 38.4 Å². The van der Waals surface area contributed by atoms with Crippen molar-refractivity contribution in [2.45, 2.75) is 128 Å². The molecule has 7 atom stereocenters. The van der Waals surface area contributed by atoms with Gasteiger partial charge in [0.25, 0.3) is 0 Å². The molecule has 0 heterocycles. The molecule has 0 aliphatic carbocycles. The summed E-state index contributed by atoms with van der Waals surface area (Å²) in [7, 11) is 0. The summed E-state index contributed by atoms with van der Waals surface area (Å²) in [5.74, 6) is -8.81. The highest BCUT2D eigenvalue weighted by Gasteiger charge is 2.34. The average Bonchev–Trinajstić information content (AvgIpc) is 3.18. The lowest BCUT2D eigenvalue weighted by Gasteiger charge is -2.28. The van der Waals surface area contributed by atoms with Crippen LogP contribution in [0.15, 0.2) is 15.0 Å². The van der Waals surface area contributed by atoms with E-state index >= 15 is 0 Å². The summed E-state index contributed by atoms with van der Waals surface area (Å²) in [5.41, 5.74) is 43.6. The first-order valence-electron chi connectivity index (χ1n) is 20.7. The van der Waals surface area contributed by atoms with Crippen molar-refractivity contribution in [1.29, 1.82) is 0 Å². The smallest absolute Gasteiger partial charge is 0.326 e. The van der Waals surface area contributed by atoms with Gasteiger partial charge in [-0.2, -0.15) is 0 Å². The first-order valence-corrected chi connectivity index (χ1v) is 20.7. The number of carboxylic acid groups (broad SMARTS) is 1. The van der Waals surface area contributed by atoms with E-state index in [0.717, 1.165) is 0 Å². The molecule has 24 N–H and O–H groups in total. The Balaban J connectivity index is 6.75. The van der Waals surface area contributed by atoms with Crippen LogP contribution < -0.4 is 77.8 Å². The number of hydrogen-bond acceptors (Lipinski definition) is 13. The van der Waals surface area contributed by atoms with Crippen LogP contribution in [0.3, 0.4) is 0 Å². The molecule has 0 saturated carbocycles. The summed E-state index contributed by atoms with van der Waals surface area (Å²) in [6.07, 6.45) is -0.593. The monoisotopic (exact) mass is 914 g/mol. The van der Waals surface area contributed by atoms with Crippen molar-refractivity contribution in [3.05, 3.63) is 0 Å². The van der Waals surface area contributed by atoms with E-state index in [9.17, 15) is 48.6 Å². The minimum Gasteiger partial charge on any atom is -0.480 e. The molecule has 0 aromatic rings. The van der Waals surface area contributed by atoms with Crippen LogP contribution in [0, 0.1) is 11.8 Å². The van der Waals surface area contributed by atoms with Crippen molar-refractivity contribution in [2.24, 2.45) is 72.7 Å². The minimum atomic E-state index is -1.74. The van der Waals surface area contributed by atoms with E-state index in [2.05, 4.69) is 46.9 Å². The van der Waals surface area contributed by atoms with Crippen LogP contribution in [0.2, 0.25) is 0 Å². The maximum Gasteiger partial charge on any atom is 0.326 e. The van der Waals surface area contributed by atoms with Crippen molar-refractivity contribution < 1.29 is 48.6 Å². The molecule has 0 aliphatic heterocycles. The zero-order valence-electron chi connectivity index (χ0n) is 37.0. The standard InChI is InChI=1S/C37H71N17O10/c1-18(2)14-24(32(61)54-26(34(63)64)15-19(3)4)52-30(59)23(10-7-13-48-37(44)45)51-33(62)25(16-27(39)56)53-31(60)22(9-6-12-47-36(42)43)50-29(58)21(8-5-11-46-35(40)41)49-28(57)20(38)17-55/h18-26,55H,5-17,38H2,1-4H3,(H2,39,56)(H,49,57)(H,50,58)(H,51,62)(H,52,59)(H,53,60)(H,54,61)(H,63,64)(H4,40,41,46)(H4,42,43,47)(H4,44,45,48)/t20-,21-,22-,23-,24-,25-,26-/m0/s1. The maximum absolute atomic E-state index is 13.9. The molecule has 0 spiro atoms. The van der Waals surface area contributed by atoms with Crippen molar-refractivity contribution in [3.8, 4) is 0 Å². The number of primary amides is 1. The number of aliphatic imine (C=N–C) groups is 3. The Kier molecular flexibility index (Phi) is 27.4. The quantitative estimate of drug-likeness (QED) is 0.0169. The van der Waals surface area contributed by atoms with Crippen molar-refractivity contribution >= 4 is 65.2 Å². The van der Waals surface area contributed by atoms with E-state index < -0.39 is 103 Å². The second kappa shape index (κ2) is 30.5. The molecule has 0 saturated heterocycles. The van der Waals surface area contributed by atoms with Crippen LogP contribution in [0.4, 0.5) is 0 Å². The zero-order valence-corrected chi connectivity index (χ0v) is 37.0. The fourth-order valence-electron chi connectivity index (χ4n) is 5.85. The third-order valence-corrected chi connectivity index (χ3v) is 8.97. The molecule has 0 rings (SSSR count). The van der Waals surface area contributed by atoms with Crippen molar-refractivity contribution in [3.63, 3.8) is 0 Å². The van der Waals surface area contributed by atoms with Gasteiger partial charge < -0.3 is 88.0 Å². The Morgan fingerprint density at radius 2 is 0.766 bits per heavy atom. The van der Waals surface area contributed by atoms with Gasteiger partial charge in [-0.05, 0) is 63.2 Å². The number of carbonyl (C=O) groups excluding carboxylic acids is 7. The van der Waals surface area contributed by atoms with Gasteiger partial charge in [-0.1, -0.05) is 27.7 Å². The van der Waals surface area contributed by atoms with Gasteiger partial charge in [0, 0.05) is 19.6 Å². The molecule has 27 nitrogen and oxygen atoms in total. The fourth-order valence-corrected chi connectivity index (χ4v) is 5.85. The molecule has 64 heavy (non-hydrogen) atoms. The van der Waals surface area contributed by atoms with Gasteiger partial charge in [-0.15, -0.1) is 0 Å². The van der Waals surface area contributed by atoms with Gasteiger partial charge >= 0.3 is 5.97 Å². The number of amides is 7. The van der Waals surface area contributed by atoms with Crippen LogP contribution in [0.1, 0.15) is 85.5 Å². The summed E-state index contributed by atoms with van der Waals surface area (Å²) in [6.45, 7) is 6.43. The molecule has 0 fully saturated rings. The molecule has 0 radical (unpaired) electrons. The number of hydrogen-bond donors (Lipinski definition) is 16.